The second-order valence-electron chi connectivity index (χ2n) is 5.51. The zero-order chi connectivity index (χ0) is 15.1. The molecule has 0 aliphatic carbocycles. The van der Waals surface area contributed by atoms with Crippen LogP contribution in [0, 0.1) is 0 Å². The molecule has 1 aromatic carbocycles. The fourth-order valence-electron chi connectivity index (χ4n) is 2.12. The zero-order valence-electron chi connectivity index (χ0n) is 12.7. The molecule has 5 heteroatoms. The average Bonchev–Trinajstić information content (AvgIpc) is 2.49. The highest BCUT2D eigenvalue weighted by molar-refractivity contribution is 5.75. The maximum absolute atomic E-state index is 11.7. The summed E-state index contributed by atoms with van der Waals surface area (Å²) in [6.07, 6.45) is 1.25. The molecular weight excluding hydrogens is 268 g/mol. The van der Waals surface area contributed by atoms with Gasteiger partial charge < -0.3 is 20.1 Å². The SMILES string of the molecule is CC(C)NCCCC(=O)NCC1COc2ccccc2O1. The highest BCUT2D eigenvalue weighted by Gasteiger charge is 2.20. The number of carbonyl (C=O) groups is 1. The molecule has 0 radical (unpaired) electrons. The fraction of sp³-hybridized carbons (Fsp3) is 0.562. The van der Waals surface area contributed by atoms with Crippen molar-refractivity contribution >= 4 is 5.91 Å². The molecule has 2 rings (SSSR count). The number of para-hydroxylation sites is 2. The lowest BCUT2D eigenvalue weighted by Crippen LogP contribution is -2.40. The highest BCUT2D eigenvalue weighted by atomic mass is 16.6. The van der Waals surface area contributed by atoms with Gasteiger partial charge >= 0.3 is 0 Å². The first-order valence-corrected chi connectivity index (χ1v) is 7.53. The molecule has 1 aliphatic rings. The van der Waals surface area contributed by atoms with E-state index < -0.39 is 0 Å². The van der Waals surface area contributed by atoms with Crippen LogP contribution in [0.4, 0.5) is 0 Å². The normalized spacial score (nSPS) is 16.8. The Kier molecular flexibility index (Phi) is 5.87. The van der Waals surface area contributed by atoms with Crippen LogP contribution in [0.1, 0.15) is 26.7 Å². The lowest BCUT2D eigenvalue weighted by Gasteiger charge is -2.26. The molecule has 0 bridgehead atoms. The van der Waals surface area contributed by atoms with Crippen molar-refractivity contribution in [1.82, 2.24) is 10.6 Å². The second kappa shape index (κ2) is 7.88. The number of ether oxygens (including phenoxy) is 2. The van der Waals surface area contributed by atoms with Gasteiger partial charge in [0, 0.05) is 12.5 Å². The number of carbonyl (C=O) groups excluding carboxylic acids is 1. The van der Waals surface area contributed by atoms with Gasteiger partial charge in [0.15, 0.2) is 11.5 Å². The zero-order valence-corrected chi connectivity index (χ0v) is 12.7. The summed E-state index contributed by atoms with van der Waals surface area (Å²) in [5, 5.41) is 6.19. The number of nitrogens with one attached hydrogen (secondary N) is 2. The molecule has 116 valence electrons. The van der Waals surface area contributed by atoms with Crippen LogP contribution in [0.25, 0.3) is 0 Å². The van der Waals surface area contributed by atoms with Gasteiger partial charge in [0.2, 0.25) is 5.91 Å². The first-order valence-electron chi connectivity index (χ1n) is 7.53. The molecule has 1 atom stereocenters. The van der Waals surface area contributed by atoms with Crippen LogP contribution in [0.2, 0.25) is 0 Å². The molecule has 0 saturated carbocycles. The maximum Gasteiger partial charge on any atom is 0.220 e. The number of fused-ring (bicyclic) bond motifs is 1. The summed E-state index contributed by atoms with van der Waals surface area (Å²) >= 11 is 0. The quantitative estimate of drug-likeness (QED) is 0.751. The minimum absolute atomic E-state index is 0.0583. The van der Waals surface area contributed by atoms with Crippen LogP contribution < -0.4 is 20.1 Å². The van der Waals surface area contributed by atoms with E-state index in [-0.39, 0.29) is 12.0 Å². The van der Waals surface area contributed by atoms with E-state index >= 15 is 0 Å². The summed E-state index contributed by atoms with van der Waals surface area (Å²) in [7, 11) is 0. The van der Waals surface area contributed by atoms with E-state index in [9.17, 15) is 4.79 Å². The van der Waals surface area contributed by atoms with Crippen molar-refractivity contribution < 1.29 is 14.3 Å². The van der Waals surface area contributed by atoms with Gasteiger partial charge in [-0.15, -0.1) is 0 Å². The predicted molar refractivity (Wildman–Crippen MR) is 81.7 cm³/mol. The van der Waals surface area contributed by atoms with Gasteiger partial charge in [0.1, 0.15) is 12.7 Å². The molecule has 0 saturated heterocycles. The Morgan fingerprint density at radius 3 is 2.86 bits per heavy atom. The van der Waals surface area contributed by atoms with Gasteiger partial charge in [-0.3, -0.25) is 4.79 Å². The monoisotopic (exact) mass is 292 g/mol. The van der Waals surface area contributed by atoms with E-state index in [0.29, 0.717) is 25.6 Å². The van der Waals surface area contributed by atoms with Crippen LogP contribution in [-0.4, -0.2) is 37.7 Å². The Balaban J connectivity index is 1.64. The lowest BCUT2D eigenvalue weighted by atomic mass is 10.2. The number of hydrogen-bond acceptors (Lipinski definition) is 4. The van der Waals surface area contributed by atoms with Gasteiger partial charge in [-0.1, -0.05) is 26.0 Å². The van der Waals surface area contributed by atoms with E-state index in [1.54, 1.807) is 0 Å². The average molecular weight is 292 g/mol. The molecule has 1 heterocycles. The van der Waals surface area contributed by atoms with E-state index in [0.717, 1.165) is 24.5 Å². The Morgan fingerprint density at radius 1 is 1.33 bits per heavy atom. The van der Waals surface area contributed by atoms with Crippen molar-refractivity contribution in [3.63, 3.8) is 0 Å². The van der Waals surface area contributed by atoms with Crippen molar-refractivity contribution in [2.45, 2.75) is 38.8 Å². The van der Waals surface area contributed by atoms with Gasteiger partial charge in [-0.2, -0.15) is 0 Å². The Bertz CT molecular complexity index is 463. The van der Waals surface area contributed by atoms with Gasteiger partial charge in [0.25, 0.3) is 0 Å². The molecule has 21 heavy (non-hydrogen) atoms. The van der Waals surface area contributed by atoms with Crippen LogP contribution in [-0.2, 0) is 4.79 Å². The summed E-state index contributed by atoms with van der Waals surface area (Å²) in [5.74, 6) is 1.56. The molecule has 1 aromatic rings. The fourth-order valence-corrected chi connectivity index (χ4v) is 2.12. The lowest BCUT2D eigenvalue weighted by molar-refractivity contribution is -0.121. The first-order chi connectivity index (χ1) is 10.1. The summed E-state index contributed by atoms with van der Waals surface area (Å²) in [5.41, 5.74) is 0. The second-order valence-corrected chi connectivity index (χ2v) is 5.51. The first kappa shape index (κ1) is 15.6. The van der Waals surface area contributed by atoms with Crippen molar-refractivity contribution in [3.05, 3.63) is 24.3 Å². The molecule has 1 unspecified atom stereocenters. The third-order valence-electron chi connectivity index (χ3n) is 3.23. The van der Waals surface area contributed by atoms with E-state index in [2.05, 4.69) is 24.5 Å². The van der Waals surface area contributed by atoms with Crippen molar-refractivity contribution in [3.8, 4) is 11.5 Å². The minimum atomic E-state index is -0.127. The molecule has 1 amide bonds. The molecular formula is C16H24N2O3. The summed E-state index contributed by atoms with van der Waals surface area (Å²) in [4.78, 5) is 11.7. The number of amides is 1. The minimum Gasteiger partial charge on any atom is -0.486 e. The van der Waals surface area contributed by atoms with Crippen molar-refractivity contribution in [2.24, 2.45) is 0 Å². The van der Waals surface area contributed by atoms with Gasteiger partial charge in [-0.05, 0) is 25.1 Å². The predicted octanol–water partition coefficient (Wildman–Crippen LogP) is 1.72. The van der Waals surface area contributed by atoms with Crippen LogP contribution in [0.15, 0.2) is 24.3 Å². The molecule has 2 N–H and O–H groups in total. The van der Waals surface area contributed by atoms with Crippen LogP contribution >= 0.6 is 0 Å². The van der Waals surface area contributed by atoms with Gasteiger partial charge in [0.05, 0.1) is 6.54 Å². The van der Waals surface area contributed by atoms with Crippen LogP contribution in [0.5, 0.6) is 11.5 Å². The van der Waals surface area contributed by atoms with Crippen LogP contribution in [0.3, 0.4) is 0 Å². The van der Waals surface area contributed by atoms with Gasteiger partial charge in [-0.25, -0.2) is 0 Å². The summed E-state index contributed by atoms with van der Waals surface area (Å²) in [6.45, 7) is 6.00. The third-order valence-corrected chi connectivity index (χ3v) is 3.23. The molecule has 1 aliphatic heterocycles. The summed E-state index contributed by atoms with van der Waals surface area (Å²) in [6, 6.07) is 8.04. The third kappa shape index (κ3) is 5.27. The molecule has 5 nitrogen and oxygen atoms in total. The molecule has 0 aromatic heterocycles. The van der Waals surface area contributed by atoms with E-state index in [1.807, 2.05) is 24.3 Å². The number of rotatable bonds is 7. The standard InChI is InChI=1S/C16H24N2O3/c1-12(2)17-9-5-8-16(19)18-10-13-11-20-14-6-3-4-7-15(14)21-13/h3-4,6-7,12-13,17H,5,8-11H2,1-2H3,(H,18,19). The topological polar surface area (TPSA) is 59.6 Å². The Hall–Kier alpha value is -1.75. The highest BCUT2D eigenvalue weighted by Crippen LogP contribution is 2.30. The molecule has 0 spiro atoms. The number of benzene rings is 1. The van der Waals surface area contributed by atoms with Crippen molar-refractivity contribution in [2.75, 3.05) is 19.7 Å². The largest absolute Gasteiger partial charge is 0.486 e. The number of hydrogen-bond donors (Lipinski definition) is 2. The van der Waals surface area contributed by atoms with E-state index in [4.69, 9.17) is 9.47 Å². The van der Waals surface area contributed by atoms with Crippen molar-refractivity contribution in [1.29, 1.82) is 0 Å². The maximum atomic E-state index is 11.7. The summed E-state index contributed by atoms with van der Waals surface area (Å²) < 4.78 is 11.4. The smallest absolute Gasteiger partial charge is 0.220 e. The van der Waals surface area contributed by atoms with E-state index in [1.165, 1.54) is 0 Å². The molecule has 0 fully saturated rings. The Labute approximate surface area is 126 Å². The Morgan fingerprint density at radius 2 is 2.10 bits per heavy atom.